The predicted molar refractivity (Wildman–Crippen MR) is 242 cm³/mol. The Morgan fingerprint density at radius 1 is 0.968 bits per heavy atom. The van der Waals surface area contributed by atoms with Gasteiger partial charge in [-0.05, 0) is 121 Å². The van der Waals surface area contributed by atoms with Gasteiger partial charge in [0.2, 0.25) is 10.0 Å². The summed E-state index contributed by atoms with van der Waals surface area (Å²) in [4.78, 5) is 15.0. The number of esters is 1. The molecule has 1 fully saturated rings. The van der Waals surface area contributed by atoms with E-state index in [1.165, 1.54) is 35.7 Å². The fourth-order valence-corrected chi connectivity index (χ4v) is 11.3. The second kappa shape index (κ2) is 20.5. The summed E-state index contributed by atoms with van der Waals surface area (Å²) >= 11 is 6.47. The Kier molecular flexibility index (Phi) is 15.0. The molecular formula is C49H58ClFN2O9S. The van der Waals surface area contributed by atoms with Crippen LogP contribution in [0, 0.1) is 11.8 Å². The summed E-state index contributed by atoms with van der Waals surface area (Å²) in [6.45, 7) is 4.06. The Morgan fingerprint density at radius 2 is 1.65 bits per heavy atom. The van der Waals surface area contributed by atoms with Gasteiger partial charge in [0, 0.05) is 56.3 Å². The van der Waals surface area contributed by atoms with E-state index >= 15 is 4.39 Å². The fraction of sp³-hybridized carbons (Fsp3) is 0.449. The third-order valence-corrected chi connectivity index (χ3v) is 14.9. The largest absolute Gasteiger partial charge is 0.497 e. The Bertz CT molecular complexity index is 2300. The summed E-state index contributed by atoms with van der Waals surface area (Å²) in [7, 11) is 2.17. The number of rotatable bonds is 17. The number of carbonyl (C=O) groups excluding carboxylic acids is 1. The molecule has 0 saturated carbocycles. The van der Waals surface area contributed by atoms with E-state index in [-0.39, 0.29) is 36.6 Å². The molecular weight excluding hydrogens is 847 g/mol. The molecule has 0 radical (unpaired) electrons. The highest BCUT2D eigenvalue weighted by molar-refractivity contribution is 7.89. The second-order valence-electron chi connectivity index (χ2n) is 17.0. The van der Waals surface area contributed by atoms with Crippen LogP contribution in [-0.4, -0.2) is 91.4 Å². The molecule has 1 unspecified atom stereocenters. The van der Waals surface area contributed by atoms with E-state index in [4.69, 9.17) is 40.0 Å². The topological polar surface area (TPSA) is 113 Å². The van der Waals surface area contributed by atoms with E-state index < -0.39 is 39.9 Å². The first kappa shape index (κ1) is 46.3. The molecule has 14 heteroatoms. The maximum atomic E-state index is 16.5. The number of methoxy groups -OCH3 is 4. The smallest absolute Gasteiger partial charge is 0.337 e. The Balaban J connectivity index is 1.08. The zero-order valence-electron chi connectivity index (χ0n) is 36.7. The van der Waals surface area contributed by atoms with Crippen molar-refractivity contribution in [1.82, 2.24) is 4.31 Å². The number of halogens is 2. The Morgan fingerprint density at radius 3 is 2.29 bits per heavy atom. The lowest BCUT2D eigenvalue weighted by atomic mass is 9.70. The number of hydrogen-bond donors (Lipinski definition) is 0. The lowest BCUT2D eigenvalue weighted by Crippen LogP contribution is -2.48. The molecule has 0 bridgehead atoms. The molecule has 2 aliphatic heterocycles. The lowest BCUT2D eigenvalue weighted by molar-refractivity contribution is -0.0322. The van der Waals surface area contributed by atoms with E-state index in [0.29, 0.717) is 60.6 Å². The van der Waals surface area contributed by atoms with E-state index in [2.05, 4.69) is 11.0 Å². The summed E-state index contributed by atoms with van der Waals surface area (Å²) in [6.07, 6.45) is 3.42. The van der Waals surface area contributed by atoms with Crippen molar-refractivity contribution in [2.75, 3.05) is 65.4 Å². The zero-order chi connectivity index (χ0) is 44.7. The van der Waals surface area contributed by atoms with Gasteiger partial charge < -0.3 is 33.3 Å². The number of aryl methyl sites for hydroxylation is 1. The molecule has 11 nitrogen and oxygen atoms in total. The molecule has 5 atom stereocenters. The van der Waals surface area contributed by atoms with Gasteiger partial charge in [0.25, 0.3) is 0 Å². The van der Waals surface area contributed by atoms with Crippen LogP contribution < -0.4 is 19.1 Å². The van der Waals surface area contributed by atoms with Crippen LogP contribution in [0.1, 0.15) is 65.2 Å². The van der Waals surface area contributed by atoms with Crippen molar-refractivity contribution >= 4 is 33.3 Å². The van der Waals surface area contributed by atoms with E-state index in [9.17, 15) is 13.2 Å². The van der Waals surface area contributed by atoms with Crippen LogP contribution in [0.5, 0.6) is 17.2 Å². The maximum Gasteiger partial charge on any atom is 0.337 e. The number of carbonyl (C=O) groups is 1. The predicted octanol–water partition coefficient (Wildman–Crippen LogP) is 8.95. The third kappa shape index (κ3) is 10.8. The van der Waals surface area contributed by atoms with Gasteiger partial charge in [-0.15, -0.1) is 0 Å². The first-order chi connectivity index (χ1) is 30.3. The number of allylic oxidation sites excluding steroid dienone is 1. The minimum Gasteiger partial charge on any atom is -0.497 e. The van der Waals surface area contributed by atoms with E-state index in [1.807, 2.05) is 55.5 Å². The molecule has 4 aromatic rings. The van der Waals surface area contributed by atoms with Crippen molar-refractivity contribution < 1.29 is 46.0 Å². The van der Waals surface area contributed by atoms with E-state index in [1.54, 1.807) is 44.6 Å². The molecule has 1 aliphatic carbocycles. The lowest BCUT2D eigenvalue weighted by Gasteiger charge is -2.41. The standard InChI is InChI=1S/C49H58ClFN2O9S/c1-33(30-63(55,56)53(27-34-9-15-40(57-2)16-10-34)28-35-11-17-41(58-3)18-12-35)8-20-43(51)47(59-4)46-38(22-24-61-46)29-52-31-49(23-6-7-36-25-39(50)14-19-42(36)49)32-62-45-21-13-37(26-44(45)52)48(54)60-5/h9-21,25-26,33,38,46-47H,6-8,22-24,27-32H2,1-5H3/b43-20-/t33-,38-,46+,47?,49-/m0/s1. The summed E-state index contributed by atoms with van der Waals surface area (Å²) in [6, 6.07) is 26.1. The summed E-state index contributed by atoms with van der Waals surface area (Å²) in [5.41, 5.74) is 4.83. The summed E-state index contributed by atoms with van der Waals surface area (Å²) < 4.78 is 80.6. The van der Waals surface area contributed by atoms with Crippen LogP contribution in [0.4, 0.5) is 10.1 Å². The SMILES string of the molecule is COC(=O)c1ccc2c(c1)N(C[C@@H]1CCO[C@H]1C(OC)/C(F)=C/C[C@H](C)CS(=O)(=O)N(Cc1ccc(OC)cc1)Cc1ccc(OC)cc1)C[C@@]1(CCCc3cc(Cl)ccc31)CO2. The molecule has 4 aromatic carbocycles. The molecule has 0 N–H and O–H groups in total. The van der Waals surface area contributed by atoms with Crippen LogP contribution in [0.3, 0.4) is 0 Å². The van der Waals surface area contributed by atoms with Gasteiger partial charge in [0.05, 0.1) is 51.0 Å². The number of nitrogens with zero attached hydrogens (tertiary/aromatic N) is 2. The van der Waals surface area contributed by atoms with Gasteiger partial charge in [-0.2, -0.15) is 4.31 Å². The van der Waals surface area contributed by atoms with Gasteiger partial charge in [0.15, 0.2) is 0 Å². The van der Waals surface area contributed by atoms with Crippen molar-refractivity contribution in [2.45, 2.75) is 69.7 Å². The van der Waals surface area contributed by atoms with Crippen LogP contribution in [0.25, 0.3) is 0 Å². The zero-order valence-corrected chi connectivity index (χ0v) is 38.3. The average molecular weight is 906 g/mol. The number of hydrogen-bond acceptors (Lipinski definition) is 10. The van der Waals surface area contributed by atoms with Crippen molar-refractivity contribution in [1.29, 1.82) is 0 Å². The van der Waals surface area contributed by atoms with Crippen molar-refractivity contribution in [2.24, 2.45) is 11.8 Å². The summed E-state index contributed by atoms with van der Waals surface area (Å²) in [5.74, 6) is 0.280. The quantitative estimate of drug-likeness (QED) is 0.0953. The Labute approximate surface area is 376 Å². The van der Waals surface area contributed by atoms with Crippen LogP contribution in [-0.2, 0) is 49.2 Å². The molecule has 63 heavy (non-hydrogen) atoms. The van der Waals surface area contributed by atoms with Gasteiger partial charge in [-0.1, -0.05) is 48.9 Å². The molecule has 1 saturated heterocycles. The molecule has 0 aromatic heterocycles. The third-order valence-electron chi connectivity index (χ3n) is 12.6. The van der Waals surface area contributed by atoms with Crippen molar-refractivity contribution in [3.8, 4) is 17.2 Å². The first-order valence-corrected chi connectivity index (χ1v) is 23.5. The Hall–Kier alpha value is -4.66. The van der Waals surface area contributed by atoms with Crippen LogP contribution in [0.2, 0.25) is 5.02 Å². The number of fused-ring (bicyclic) bond motifs is 3. The van der Waals surface area contributed by atoms with Gasteiger partial charge in [-0.3, -0.25) is 0 Å². The number of anilines is 1. The first-order valence-electron chi connectivity index (χ1n) is 21.5. The minimum atomic E-state index is -3.82. The minimum absolute atomic E-state index is 0.154. The van der Waals surface area contributed by atoms with E-state index in [0.717, 1.165) is 36.1 Å². The van der Waals surface area contributed by atoms with Crippen LogP contribution >= 0.6 is 11.6 Å². The van der Waals surface area contributed by atoms with Crippen LogP contribution in [0.15, 0.2) is 96.8 Å². The molecule has 338 valence electrons. The number of benzene rings is 4. The molecule has 3 aliphatic rings. The van der Waals surface area contributed by atoms with Crippen molar-refractivity contribution in [3.63, 3.8) is 0 Å². The highest BCUT2D eigenvalue weighted by Crippen LogP contribution is 2.45. The highest BCUT2D eigenvalue weighted by atomic mass is 35.5. The van der Waals surface area contributed by atoms with Crippen molar-refractivity contribution in [3.05, 3.63) is 130 Å². The number of sulfonamides is 1. The fourth-order valence-electron chi connectivity index (χ4n) is 9.32. The normalized spacial score (nSPS) is 21.0. The molecule has 0 amide bonds. The van der Waals surface area contributed by atoms with Gasteiger partial charge in [-0.25, -0.2) is 17.6 Å². The maximum absolute atomic E-state index is 16.5. The second-order valence-corrected chi connectivity index (χ2v) is 19.4. The van der Waals surface area contributed by atoms with Gasteiger partial charge >= 0.3 is 5.97 Å². The molecule has 1 spiro atoms. The van der Waals surface area contributed by atoms with Gasteiger partial charge in [0.1, 0.15) is 29.2 Å². The average Bonchev–Trinajstić information content (AvgIpc) is 3.68. The monoisotopic (exact) mass is 904 g/mol. The number of ether oxygens (including phenoxy) is 6. The summed E-state index contributed by atoms with van der Waals surface area (Å²) in [5, 5.41) is 0.697. The molecule has 7 rings (SSSR count). The molecule has 2 heterocycles. The highest BCUT2D eigenvalue weighted by Gasteiger charge is 2.44.